The Balaban J connectivity index is 1.48. The van der Waals surface area contributed by atoms with Crippen molar-refractivity contribution in [2.45, 2.75) is 26.3 Å². The quantitative estimate of drug-likeness (QED) is 0.922. The molecule has 0 spiro atoms. The molecule has 0 unspecified atom stereocenters. The van der Waals surface area contributed by atoms with Gasteiger partial charge in [0, 0.05) is 19.0 Å². The maximum atomic E-state index is 12.3. The van der Waals surface area contributed by atoms with Gasteiger partial charge in [-0.1, -0.05) is 11.6 Å². The third-order valence-corrected chi connectivity index (χ3v) is 4.09. The second kappa shape index (κ2) is 7.06. The maximum absolute atomic E-state index is 12.3. The van der Waals surface area contributed by atoms with E-state index in [1.165, 1.54) is 6.20 Å². The van der Waals surface area contributed by atoms with Crippen molar-refractivity contribution in [3.8, 4) is 0 Å². The molecule has 3 rings (SSSR count). The highest BCUT2D eigenvalue weighted by molar-refractivity contribution is 6.30. The summed E-state index contributed by atoms with van der Waals surface area (Å²) < 4.78 is 5.39. The van der Waals surface area contributed by atoms with E-state index in [1.807, 2.05) is 0 Å². The second-order valence-corrected chi connectivity index (χ2v) is 6.05. The first-order valence-electron chi connectivity index (χ1n) is 7.54. The van der Waals surface area contributed by atoms with Crippen molar-refractivity contribution in [1.29, 1.82) is 0 Å². The highest BCUT2D eigenvalue weighted by Crippen LogP contribution is 2.20. The van der Waals surface area contributed by atoms with E-state index in [1.54, 1.807) is 19.1 Å². The molecule has 0 bridgehead atoms. The van der Waals surface area contributed by atoms with Gasteiger partial charge in [0.2, 0.25) is 17.7 Å². The number of aromatic nitrogens is 3. The van der Waals surface area contributed by atoms with Gasteiger partial charge in [0.05, 0.1) is 11.6 Å². The molecule has 2 aromatic heterocycles. The molecule has 23 heavy (non-hydrogen) atoms. The Kier molecular flexibility index (Phi) is 4.88. The normalized spacial score (nSPS) is 16.4. The van der Waals surface area contributed by atoms with E-state index in [0.717, 1.165) is 25.9 Å². The van der Waals surface area contributed by atoms with Crippen LogP contribution in [0.4, 0.5) is 5.82 Å². The summed E-state index contributed by atoms with van der Waals surface area (Å²) in [6.45, 7) is 4.06. The van der Waals surface area contributed by atoms with Crippen molar-refractivity contribution in [2.75, 3.05) is 18.4 Å². The van der Waals surface area contributed by atoms with Crippen LogP contribution in [0.5, 0.6) is 0 Å². The van der Waals surface area contributed by atoms with Crippen LogP contribution in [0.25, 0.3) is 0 Å². The van der Waals surface area contributed by atoms with Crippen LogP contribution in [0, 0.1) is 12.8 Å². The summed E-state index contributed by atoms with van der Waals surface area (Å²) >= 11 is 5.78. The minimum atomic E-state index is -0.00634. The van der Waals surface area contributed by atoms with E-state index in [0.29, 0.717) is 29.2 Å². The largest absolute Gasteiger partial charge is 0.424 e. The average Bonchev–Trinajstić information content (AvgIpc) is 2.95. The summed E-state index contributed by atoms with van der Waals surface area (Å²) in [5.74, 6) is 1.73. The number of halogens is 1. The van der Waals surface area contributed by atoms with Gasteiger partial charge in [0.1, 0.15) is 5.82 Å². The molecule has 0 aromatic carbocycles. The van der Waals surface area contributed by atoms with Crippen LogP contribution < -0.4 is 5.32 Å². The Morgan fingerprint density at radius 3 is 2.78 bits per heavy atom. The molecule has 0 aliphatic carbocycles. The third kappa shape index (κ3) is 4.27. The molecule has 3 heterocycles. The number of carbonyl (C=O) groups excluding carboxylic acids is 1. The number of pyridine rings is 1. The number of carbonyl (C=O) groups is 1. The molecule has 8 heteroatoms. The predicted molar refractivity (Wildman–Crippen MR) is 84.9 cm³/mol. The molecule has 1 aliphatic rings. The SMILES string of the molecule is Cc1nnc(CN2CCC(C(=O)Nc3ccc(Cl)cn3)CC2)o1. The van der Waals surface area contributed by atoms with Gasteiger partial charge in [0.25, 0.3) is 0 Å². The number of piperidine rings is 1. The Labute approximate surface area is 139 Å². The third-order valence-electron chi connectivity index (χ3n) is 3.86. The monoisotopic (exact) mass is 335 g/mol. The first-order chi connectivity index (χ1) is 11.1. The molecule has 1 aliphatic heterocycles. The fourth-order valence-corrected chi connectivity index (χ4v) is 2.74. The predicted octanol–water partition coefficient (Wildman–Crippen LogP) is 2.28. The average molecular weight is 336 g/mol. The zero-order valence-corrected chi connectivity index (χ0v) is 13.6. The summed E-state index contributed by atoms with van der Waals surface area (Å²) in [5.41, 5.74) is 0. The van der Waals surface area contributed by atoms with Crippen LogP contribution >= 0.6 is 11.6 Å². The molecule has 122 valence electrons. The fourth-order valence-electron chi connectivity index (χ4n) is 2.62. The number of hydrogen-bond acceptors (Lipinski definition) is 6. The summed E-state index contributed by atoms with van der Waals surface area (Å²) in [6.07, 6.45) is 3.12. The molecule has 0 saturated carbocycles. The highest BCUT2D eigenvalue weighted by atomic mass is 35.5. The molecule has 0 atom stereocenters. The number of amides is 1. The summed E-state index contributed by atoms with van der Waals surface area (Å²) in [7, 11) is 0. The van der Waals surface area contributed by atoms with Gasteiger partial charge in [-0.15, -0.1) is 10.2 Å². The van der Waals surface area contributed by atoms with Crippen molar-refractivity contribution < 1.29 is 9.21 Å². The van der Waals surface area contributed by atoms with Gasteiger partial charge < -0.3 is 9.73 Å². The lowest BCUT2D eigenvalue weighted by Gasteiger charge is -2.30. The zero-order chi connectivity index (χ0) is 16.2. The second-order valence-electron chi connectivity index (χ2n) is 5.62. The summed E-state index contributed by atoms with van der Waals surface area (Å²) in [4.78, 5) is 18.6. The Morgan fingerprint density at radius 2 is 2.17 bits per heavy atom. The molecular weight excluding hydrogens is 318 g/mol. The first-order valence-corrected chi connectivity index (χ1v) is 7.92. The topological polar surface area (TPSA) is 84.2 Å². The molecule has 0 radical (unpaired) electrons. The highest BCUT2D eigenvalue weighted by Gasteiger charge is 2.26. The smallest absolute Gasteiger partial charge is 0.230 e. The van der Waals surface area contributed by atoms with Gasteiger partial charge in [-0.2, -0.15) is 0 Å². The molecule has 1 saturated heterocycles. The fraction of sp³-hybridized carbons (Fsp3) is 0.467. The van der Waals surface area contributed by atoms with Crippen LogP contribution in [0.15, 0.2) is 22.7 Å². The molecule has 7 nitrogen and oxygen atoms in total. The Hall–Kier alpha value is -1.99. The van der Waals surface area contributed by atoms with E-state index in [9.17, 15) is 4.79 Å². The number of hydrogen-bond donors (Lipinski definition) is 1. The number of aryl methyl sites for hydroxylation is 1. The van der Waals surface area contributed by atoms with Gasteiger partial charge >= 0.3 is 0 Å². The molecule has 2 aromatic rings. The van der Waals surface area contributed by atoms with Crippen molar-refractivity contribution in [2.24, 2.45) is 5.92 Å². The molecule has 1 fully saturated rings. The minimum absolute atomic E-state index is 0.00634. The number of nitrogens with zero attached hydrogens (tertiary/aromatic N) is 4. The Morgan fingerprint density at radius 1 is 1.39 bits per heavy atom. The van der Waals surface area contributed by atoms with Crippen LogP contribution in [-0.2, 0) is 11.3 Å². The van der Waals surface area contributed by atoms with Crippen LogP contribution in [0.3, 0.4) is 0 Å². The maximum Gasteiger partial charge on any atom is 0.230 e. The van der Waals surface area contributed by atoms with E-state index in [-0.39, 0.29) is 11.8 Å². The molecule has 1 N–H and O–H groups in total. The van der Waals surface area contributed by atoms with Crippen molar-refractivity contribution in [3.63, 3.8) is 0 Å². The number of anilines is 1. The van der Waals surface area contributed by atoms with Crippen LogP contribution in [0.2, 0.25) is 5.02 Å². The van der Waals surface area contributed by atoms with Crippen LogP contribution in [-0.4, -0.2) is 39.1 Å². The Bertz CT molecular complexity index is 665. The van der Waals surface area contributed by atoms with Crippen LogP contribution in [0.1, 0.15) is 24.6 Å². The van der Waals surface area contributed by atoms with E-state index < -0.39 is 0 Å². The lowest BCUT2D eigenvalue weighted by molar-refractivity contribution is -0.121. The van der Waals surface area contributed by atoms with Crippen molar-refractivity contribution in [1.82, 2.24) is 20.1 Å². The summed E-state index contributed by atoms with van der Waals surface area (Å²) in [6, 6.07) is 3.41. The first kappa shape index (κ1) is 15.9. The zero-order valence-electron chi connectivity index (χ0n) is 12.8. The van der Waals surface area contributed by atoms with Gasteiger partial charge in [0.15, 0.2) is 0 Å². The summed E-state index contributed by atoms with van der Waals surface area (Å²) in [5, 5.41) is 11.2. The lowest BCUT2D eigenvalue weighted by Crippen LogP contribution is -2.37. The van der Waals surface area contributed by atoms with Crippen molar-refractivity contribution in [3.05, 3.63) is 35.1 Å². The van der Waals surface area contributed by atoms with Crippen molar-refractivity contribution >= 4 is 23.3 Å². The van der Waals surface area contributed by atoms with E-state index >= 15 is 0 Å². The van der Waals surface area contributed by atoms with Gasteiger partial charge in [-0.25, -0.2) is 4.98 Å². The molecular formula is C15H18ClN5O2. The minimum Gasteiger partial charge on any atom is -0.424 e. The van der Waals surface area contributed by atoms with Gasteiger partial charge in [-0.3, -0.25) is 9.69 Å². The number of likely N-dealkylation sites (tertiary alicyclic amines) is 1. The lowest BCUT2D eigenvalue weighted by atomic mass is 9.96. The molecule has 1 amide bonds. The van der Waals surface area contributed by atoms with E-state index in [4.69, 9.17) is 16.0 Å². The number of rotatable bonds is 4. The van der Waals surface area contributed by atoms with E-state index in [2.05, 4.69) is 25.4 Å². The van der Waals surface area contributed by atoms with Gasteiger partial charge in [-0.05, 0) is 38.1 Å². The standard InChI is InChI=1S/C15H18ClN5O2/c1-10-19-20-14(23-10)9-21-6-4-11(5-7-21)15(22)18-13-3-2-12(16)8-17-13/h2-3,8,11H,4-7,9H2,1H3,(H,17,18,22). The number of nitrogens with one attached hydrogen (secondary N) is 1.